The average Bonchev–Trinajstić information content (AvgIpc) is 2.15. The number of hydrogen-bond donors (Lipinski definition) is 1. The van der Waals surface area contributed by atoms with Crippen LogP contribution in [0.5, 0.6) is 0 Å². The Bertz CT molecular complexity index is 204. The second-order valence-electron chi connectivity index (χ2n) is 3.55. The number of ether oxygens (including phenoxy) is 1. The lowest BCUT2D eigenvalue weighted by atomic mass is 9.92. The number of carbonyl (C=O) groups is 2. The Morgan fingerprint density at radius 3 is 2.36 bits per heavy atom. The van der Waals surface area contributed by atoms with E-state index < -0.39 is 0 Å². The van der Waals surface area contributed by atoms with Crippen LogP contribution in [0.25, 0.3) is 0 Å². The van der Waals surface area contributed by atoms with Crippen LogP contribution < -0.4 is 5.73 Å². The molecule has 0 fully saturated rings. The maximum Gasteiger partial charge on any atom is 0.308 e. The van der Waals surface area contributed by atoms with Crippen LogP contribution in [0.3, 0.4) is 0 Å². The highest BCUT2D eigenvalue weighted by molar-refractivity contribution is 5.78. The fourth-order valence-electron chi connectivity index (χ4n) is 1.39. The highest BCUT2D eigenvalue weighted by Crippen LogP contribution is 2.18. The van der Waals surface area contributed by atoms with Crippen LogP contribution in [0.15, 0.2) is 0 Å². The molecule has 0 aromatic carbocycles. The first-order valence-corrected chi connectivity index (χ1v) is 4.90. The number of rotatable bonds is 6. The minimum Gasteiger partial charge on any atom is -0.469 e. The zero-order chi connectivity index (χ0) is 11.1. The molecule has 0 heterocycles. The summed E-state index contributed by atoms with van der Waals surface area (Å²) in [6.45, 7) is 3.72. The van der Waals surface area contributed by atoms with Gasteiger partial charge in [-0.05, 0) is 12.8 Å². The highest BCUT2D eigenvalue weighted by Gasteiger charge is 2.23. The number of primary amides is 1. The maximum absolute atomic E-state index is 11.3. The molecule has 0 aliphatic rings. The first-order chi connectivity index (χ1) is 6.52. The summed E-state index contributed by atoms with van der Waals surface area (Å²) >= 11 is 0. The van der Waals surface area contributed by atoms with Gasteiger partial charge in [0.1, 0.15) is 0 Å². The van der Waals surface area contributed by atoms with Gasteiger partial charge in [0, 0.05) is 5.92 Å². The molecular weight excluding hydrogens is 182 g/mol. The number of esters is 1. The monoisotopic (exact) mass is 201 g/mol. The van der Waals surface area contributed by atoms with Gasteiger partial charge in [-0.1, -0.05) is 20.3 Å². The molecule has 0 aromatic heterocycles. The summed E-state index contributed by atoms with van der Waals surface area (Å²) in [7, 11) is 1.36. The van der Waals surface area contributed by atoms with Crippen LogP contribution in [-0.4, -0.2) is 19.0 Å². The van der Waals surface area contributed by atoms with Crippen LogP contribution in [0.4, 0.5) is 0 Å². The number of hydrogen-bond acceptors (Lipinski definition) is 3. The summed E-state index contributed by atoms with van der Waals surface area (Å²) in [6, 6.07) is 0. The van der Waals surface area contributed by atoms with Gasteiger partial charge in [-0.3, -0.25) is 9.59 Å². The van der Waals surface area contributed by atoms with Crippen LogP contribution in [0.1, 0.15) is 33.1 Å². The van der Waals surface area contributed by atoms with E-state index in [9.17, 15) is 9.59 Å². The fourth-order valence-corrected chi connectivity index (χ4v) is 1.39. The van der Waals surface area contributed by atoms with Gasteiger partial charge in [0.05, 0.1) is 13.0 Å². The van der Waals surface area contributed by atoms with E-state index in [2.05, 4.69) is 4.74 Å². The van der Waals surface area contributed by atoms with Gasteiger partial charge < -0.3 is 10.5 Å². The van der Waals surface area contributed by atoms with Gasteiger partial charge in [-0.2, -0.15) is 0 Å². The topological polar surface area (TPSA) is 69.4 Å². The fraction of sp³-hybridized carbons (Fsp3) is 0.800. The third-order valence-electron chi connectivity index (χ3n) is 2.30. The van der Waals surface area contributed by atoms with Crippen molar-refractivity contribution in [3.05, 3.63) is 0 Å². The van der Waals surface area contributed by atoms with Crippen molar-refractivity contribution < 1.29 is 14.3 Å². The van der Waals surface area contributed by atoms with Crippen LogP contribution in [0, 0.1) is 11.8 Å². The molecular formula is C10H19NO3. The summed E-state index contributed by atoms with van der Waals surface area (Å²) in [4.78, 5) is 22.1. The largest absolute Gasteiger partial charge is 0.469 e. The van der Waals surface area contributed by atoms with Crippen molar-refractivity contribution in [2.75, 3.05) is 7.11 Å². The normalized spacial score (nSPS) is 14.5. The smallest absolute Gasteiger partial charge is 0.308 e. The Kier molecular flexibility index (Phi) is 5.92. The van der Waals surface area contributed by atoms with Crippen molar-refractivity contribution in [2.24, 2.45) is 17.6 Å². The molecule has 0 bridgehead atoms. The van der Waals surface area contributed by atoms with Crippen molar-refractivity contribution in [1.82, 2.24) is 0 Å². The molecule has 4 nitrogen and oxygen atoms in total. The summed E-state index contributed by atoms with van der Waals surface area (Å²) in [5, 5.41) is 0. The standard InChI is InChI=1S/C10H19NO3/c1-4-5-8(10(13)14-3)6-7(2)9(11)12/h7-8H,4-6H2,1-3H3,(H2,11,12)/t7-,8+/m1/s1. The van der Waals surface area contributed by atoms with Crippen LogP contribution in [-0.2, 0) is 14.3 Å². The van der Waals surface area contributed by atoms with Gasteiger partial charge in [0.25, 0.3) is 0 Å². The van der Waals surface area contributed by atoms with Crippen molar-refractivity contribution in [2.45, 2.75) is 33.1 Å². The van der Waals surface area contributed by atoms with Crippen molar-refractivity contribution in [1.29, 1.82) is 0 Å². The lowest BCUT2D eigenvalue weighted by Crippen LogP contribution is -2.26. The molecule has 0 rings (SSSR count). The Balaban J connectivity index is 4.21. The van der Waals surface area contributed by atoms with Gasteiger partial charge in [-0.25, -0.2) is 0 Å². The molecule has 0 saturated carbocycles. The minimum atomic E-state index is -0.366. The molecule has 0 spiro atoms. The molecule has 2 atom stereocenters. The molecule has 0 aromatic rings. The zero-order valence-electron chi connectivity index (χ0n) is 9.08. The third-order valence-corrected chi connectivity index (χ3v) is 2.30. The minimum absolute atomic E-state index is 0.201. The second-order valence-corrected chi connectivity index (χ2v) is 3.55. The SMILES string of the molecule is CCC[C@@H](C[C@@H](C)C(N)=O)C(=O)OC. The summed E-state index contributed by atoms with van der Waals surface area (Å²) < 4.78 is 4.65. The van der Waals surface area contributed by atoms with Gasteiger partial charge >= 0.3 is 5.97 Å². The molecule has 0 saturated heterocycles. The van der Waals surface area contributed by atoms with E-state index in [0.29, 0.717) is 6.42 Å². The quantitative estimate of drug-likeness (QED) is 0.654. The van der Waals surface area contributed by atoms with Crippen molar-refractivity contribution >= 4 is 11.9 Å². The third kappa shape index (κ3) is 4.25. The number of methoxy groups -OCH3 is 1. The van der Waals surface area contributed by atoms with E-state index in [1.165, 1.54) is 7.11 Å². The van der Waals surface area contributed by atoms with Gasteiger partial charge in [-0.15, -0.1) is 0 Å². The number of carbonyl (C=O) groups excluding carboxylic acids is 2. The van der Waals surface area contributed by atoms with E-state index in [1.54, 1.807) is 6.92 Å². The first-order valence-electron chi connectivity index (χ1n) is 4.90. The summed E-state index contributed by atoms with van der Waals surface area (Å²) in [6.07, 6.45) is 2.12. The van der Waals surface area contributed by atoms with Crippen LogP contribution in [0.2, 0.25) is 0 Å². The Hall–Kier alpha value is -1.06. The zero-order valence-corrected chi connectivity index (χ0v) is 9.08. The predicted molar refractivity (Wildman–Crippen MR) is 53.4 cm³/mol. The van der Waals surface area contributed by atoms with E-state index in [-0.39, 0.29) is 23.7 Å². The molecule has 0 unspecified atom stereocenters. The molecule has 0 aliphatic carbocycles. The Morgan fingerprint density at radius 1 is 1.43 bits per heavy atom. The molecule has 2 N–H and O–H groups in total. The van der Waals surface area contributed by atoms with Crippen molar-refractivity contribution in [3.8, 4) is 0 Å². The van der Waals surface area contributed by atoms with E-state index in [1.807, 2.05) is 6.92 Å². The predicted octanol–water partition coefficient (Wildman–Crippen LogP) is 1.09. The second kappa shape index (κ2) is 6.40. The molecule has 14 heavy (non-hydrogen) atoms. The van der Waals surface area contributed by atoms with Gasteiger partial charge in [0.15, 0.2) is 0 Å². The van der Waals surface area contributed by atoms with Crippen LogP contribution >= 0.6 is 0 Å². The summed E-state index contributed by atoms with van der Waals surface area (Å²) in [5.41, 5.74) is 5.13. The van der Waals surface area contributed by atoms with Gasteiger partial charge in [0.2, 0.25) is 5.91 Å². The van der Waals surface area contributed by atoms with E-state index in [0.717, 1.165) is 12.8 Å². The number of nitrogens with two attached hydrogens (primary N) is 1. The van der Waals surface area contributed by atoms with Crippen molar-refractivity contribution in [3.63, 3.8) is 0 Å². The summed E-state index contributed by atoms with van der Waals surface area (Å²) in [5.74, 6) is -1.09. The van der Waals surface area contributed by atoms with E-state index in [4.69, 9.17) is 5.73 Å². The first kappa shape index (κ1) is 12.9. The molecule has 82 valence electrons. The Labute approximate surface area is 84.8 Å². The lowest BCUT2D eigenvalue weighted by Gasteiger charge is -2.16. The Morgan fingerprint density at radius 2 is 2.00 bits per heavy atom. The highest BCUT2D eigenvalue weighted by atomic mass is 16.5. The van der Waals surface area contributed by atoms with E-state index >= 15 is 0 Å². The maximum atomic E-state index is 11.3. The molecule has 1 amide bonds. The molecule has 4 heteroatoms. The molecule has 0 aliphatic heterocycles. The lowest BCUT2D eigenvalue weighted by molar-refractivity contribution is -0.146. The molecule has 0 radical (unpaired) electrons. The average molecular weight is 201 g/mol. The number of amides is 1.